The molecule has 1 aliphatic rings. The van der Waals surface area contributed by atoms with Crippen LogP contribution in [0.2, 0.25) is 0 Å². The van der Waals surface area contributed by atoms with Crippen molar-refractivity contribution in [1.82, 2.24) is 10.2 Å². The standard InChI is InChI=1S/C17H21N3O2S/c1-10(2)12-6-8-14(9-7-12)18-15(21)11(3)23-17-20-19-16(22-17)13-4-5-13/h6-11,13H,4-5H2,1-3H3,(H,18,21)/t11-/m1/s1. The maximum absolute atomic E-state index is 12.3. The molecule has 1 amide bonds. The van der Waals surface area contributed by atoms with Gasteiger partial charge in [0.05, 0.1) is 5.25 Å². The molecule has 23 heavy (non-hydrogen) atoms. The number of hydrogen-bond acceptors (Lipinski definition) is 5. The molecule has 1 heterocycles. The number of nitrogens with one attached hydrogen (secondary N) is 1. The second kappa shape index (κ2) is 6.74. The van der Waals surface area contributed by atoms with Crippen LogP contribution >= 0.6 is 11.8 Å². The van der Waals surface area contributed by atoms with Gasteiger partial charge in [-0.05, 0) is 43.4 Å². The number of nitrogens with zero attached hydrogens (tertiary/aromatic N) is 2. The maximum Gasteiger partial charge on any atom is 0.277 e. The van der Waals surface area contributed by atoms with Crippen LogP contribution in [0.1, 0.15) is 56.9 Å². The summed E-state index contributed by atoms with van der Waals surface area (Å²) in [7, 11) is 0. The van der Waals surface area contributed by atoms with E-state index in [1.165, 1.54) is 17.3 Å². The lowest BCUT2D eigenvalue weighted by Crippen LogP contribution is -2.22. The lowest BCUT2D eigenvalue weighted by atomic mass is 10.0. The molecule has 1 aromatic heterocycles. The van der Waals surface area contributed by atoms with Gasteiger partial charge in [-0.3, -0.25) is 4.79 Å². The Balaban J connectivity index is 1.55. The van der Waals surface area contributed by atoms with Crippen LogP contribution in [0.15, 0.2) is 33.9 Å². The van der Waals surface area contributed by atoms with Crippen molar-refractivity contribution in [1.29, 1.82) is 0 Å². The van der Waals surface area contributed by atoms with Crippen LogP contribution in [0.3, 0.4) is 0 Å². The van der Waals surface area contributed by atoms with Crippen molar-refractivity contribution < 1.29 is 9.21 Å². The zero-order chi connectivity index (χ0) is 16.4. The Hall–Kier alpha value is -1.82. The van der Waals surface area contributed by atoms with Gasteiger partial charge in [-0.1, -0.05) is 37.7 Å². The van der Waals surface area contributed by atoms with Crippen molar-refractivity contribution in [2.24, 2.45) is 0 Å². The van der Waals surface area contributed by atoms with Gasteiger partial charge in [0.2, 0.25) is 11.8 Å². The fourth-order valence-electron chi connectivity index (χ4n) is 2.16. The zero-order valence-electron chi connectivity index (χ0n) is 13.6. The van der Waals surface area contributed by atoms with Crippen LogP contribution in [0.25, 0.3) is 0 Å². The van der Waals surface area contributed by atoms with E-state index in [-0.39, 0.29) is 11.2 Å². The summed E-state index contributed by atoms with van der Waals surface area (Å²) in [5, 5.41) is 11.1. The summed E-state index contributed by atoms with van der Waals surface area (Å²) in [6, 6.07) is 7.95. The van der Waals surface area contributed by atoms with Crippen molar-refractivity contribution >= 4 is 23.4 Å². The number of amides is 1. The topological polar surface area (TPSA) is 68.0 Å². The number of carbonyl (C=O) groups excluding carboxylic acids is 1. The molecular weight excluding hydrogens is 310 g/mol. The van der Waals surface area contributed by atoms with Gasteiger partial charge in [-0.2, -0.15) is 0 Å². The molecule has 5 nitrogen and oxygen atoms in total. The number of carbonyl (C=O) groups is 1. The molecule has 1 atom stereocenters. The Morgan fingerprint density at radius 3 is 2.52 bits per heavy atom. The molecule has 1 aliphatic carbocycles. The van der Waals surface area contributed by atoms with Crippen LogP contribution in [0.5, 0.6) is 0 Å². The minimum Gasteiger partial charge on any atom is -0.416 e. The SMILES string of the molecule is CC(C)c1ccc(NC(=O)[C@@H](C)Sc2nnc(C3CC3)o2)cc1. The Kier molecular flexibility index (Phi) is 4.71. The Bertz CT molecular complexity index is 677. The fourth-order valence-corrected chi connectivity index (χ4v) is 2.85. The second-order valence-corrected chi connectivity index (χ2v) is 7.50. The third-order valence-electron chi connectivity index (χ3n) is 3.84. The van der Waals surface area contributed by atoms with Crippen molar-refractivity contribution in [3.05, 3.63) is 35.7 Å². The third kappa shape index (κ3) is 4.13. The number of hydrogen-bond donors (Lipinski definition) is 1. The molecule has 1 fully saturated rings. The molecule has 122 valence electrons. The zero-order valence-corrected chi connectivity index (χ0v) is 14.4. The van der Waals surface area contributed by atoms with Crippen molar-refractivity contribution in [2.45, 2.75) is 55.9 Å². The molecule has 0 saturated heterocycles. The first-order chi connectivity index (χ1) is 11.0. The van der Waals surface area contributed by atoms with Gasteiger partial charge in [0, 0.05) is 11.6 Å². The van der Waals surface area contributed by atoms with E-state index in [1.54, 1.807) is 0 Å². The van der Waals surface area contributed by atoms with Crippen molar-refractivity contribution in [3.63, 3.8) is 0 Å². The van der Waals surface area contributed by atoms with Crippen LogP contribution in [-0.2, 0) is 4.79 Å². The molecule has 3 rings (SSSR count). The maximum atomic E-state index is 12.3. The van der Waals surface area contributed by atoms with E-state index in [0.29, 0.717) is 22.9 Å². The monoisotopic (exact) mass is 331 g/mol. The van der Waals surface area contributed by atoms with E-state index in [9.17, 15) is 4.79 Å². The summed E-state index contributed by atoms with van der Waals surface area (Å²) in [6.07, 6.45) is 2.24. The molecule has 1 N–H and O–H groups in total. The van der Waals surface area contributed by atoms with Crippen LogP contribution in [0.4, 0.5) is 5.69 Å². The molecule has 1 saturated carbocycles. The summed E-state index contributed by atoms with van der Waals surface area (Å²) in [4.78, 5) is 12.3. The highest BCUT2D eigenvalue weighted by atomic mass is 32.2. The average Bonchev–Trinajstić information content (AvgIpc) is 3.28. The smallest absolute Gasteiger partial charge is 0.277 e. The van der Waals surface area contributed by atoms with Gasteiger partial charge in [0.25, 0.3) is 5.22 Å². The van der Waals surface area contributed by atoms with Gasteiger partial charge < -0.3 is 9.73 Å². The van der Waals surface area contributed by atoms with Gasteiger partial charge in [-0.25, -0.2) is 0 Å². The summed E-state index contributed by atoms with van der Waals surface area (Å²) in [5.41, 5.74) is 2.06. The first-order valence-corrected chi connectivity index (χ1v) is 8.82. The predicted molar refractivity (Wildman–Crippen MR) is 90.8 cm³/mol. The van der Waals surface area contributed by atoms with Crippen LogP contribution < -0.4 is 5.32 Å². The van der Waals surface area contributed by atoms with Gasteiger partial charge >= 0.3 is 0 Å². The third-order valence-corrected chi connectivity index (χ3v) is 4.77. The quantitative estimate of drug-likeness (QED) is 0.804. The average molecular weight is 331 g/mol. The second-order valence-electron chi connectivity index (χ2n) is 6.21. The van der Waals surface area contributed by atoms with E-state index in [4.69, 9.17) is 4.42 Å². The van der Waals surface area contributed by atoms with Gasteiger partial charge in [-0.15, -0.1) is 10.2 Å². The number of benzene rings is 1. The van der Waals surface area contributed by atoms with E-state index >= 15 is 0 Å². The molecule has 6 heteroatoms. The highest BCUT2D eigenvalue weighted by Gasteiger charge is 2.30. The Morgan fingerprint density at radius 2 is 1.91 bits per heavy atom. The van der Waals surface area contributed by atoms with Crippen molar-refractivity contribution in [3.8, 4) is 0 Å². The van der Waals surface area contributed by atoms with Crippen LogP contribution in [-0.4, -0.2) is 21.4 Å². The summed E-state index contributed by atoms with van der Waals surface area (Å²) in [6.45, 7) is 6.13. The normalized spacial score (nSPS) is 15.7. The highest BCUT2D eigenvalue weighted by molar-refractivity contribution is 8.00. The predicted octanol–water partition coefficient (Wildman–Crippen LogP) is 4.19. The van der Waals surface area contributed by atoms with Gasteiger partial charge in [0.1, 0.15) is 0 Å². The van der Waals surface area contributed by atoms with E-state index in [1.807, 2.05) is 31.2 Å². The molecule has 0 radical (unpaired) electrons. The van der Waals surface area contributed by atoms with Crippen molar-refractivity contribution in [2.75, 3.05) is 5.32 Å². The molecule has 0 aliphatic heterocycles. The number of thioether (sulfide) groups is 1. The summed E-state index contributed by atoms with van der Waals surface area (Å²) in [5.74, 6) is 1.54. The molecule has 2 aromatic rings. The first kappa shape index (κ1) is 16.1. The molecule has 0 spiro atoms. The molecule has 0 unspecified atom stereocenters. The minimum atomic E-state index is -0.299. The molecular formula is C17H21N3O2S. The van der Waals surface area contributed by atoms with Crippen LogP contribution in [0, 0.1) is 0 Å². The van der Waals surface area contributed by atoms with E-state index in [0.717, 1.165) is 18.5 Å². The van der Waals surface area contributed by atoms with E-state index in [2.05, 4.69) is 29.4 Å². The largest absolute Gasteiger partial charge is 0.416 e. The number of rotatable bonds is 6. The lowest BCUT2D eigenvalue weighted by molar-refractivity contribution is -0.115. The number of aromatic nitrogens is 2. The molecule has 0 bridgehead atoms. The van der Waals surface area contributed by atoms with Gasteiger partial charge in [0.15, 0.2) is 0 Å². The Labute approximate surface area is 140 Å². The fraction of sp³-hybridized carbons (Fsp3) is 0.471. The highest BCUT2D eigenvalue weighted by Crippen LogP contribution is 2.40. The molecule has 1 aromatic carbocycles. The summed E-state index contributed by atoms with van der Waals surface area (Å²) >= 11 is 1.29. The number of anilines is 1. The van der Waals surface area contributed by atoms with E-state index < -0.39 is 0 Å². The first-order valence-electron chi connectivity index (χ1n) is 7.94. The minimum absolute atomic E-state index is 0.0709. The summed E-state index contributed by atoms with van der Waals surface area (Å²) < 4.78 is 5.58. The Morgan fingerprint density at radius 1 is 1.22 bits per heavy atom. The lowest BCUT2D eigenvalue weighted by Gasteiger charge is -2.11.